The summed E-state index contributed by atoms with van der Waals surface area (Å²) >= 11 is 1.76. The summed E-state index contributed by atoms with van der Waals surface area (Å²) in [6.45, 7) is 7.90. The molecule has 0 saturated carbocycles. The van der Waals surface area contributed by atoms with Crippen molar-refractivity contribution >= 4 is 17.3 Å². The van der Waals surface area contributed by atoms with E-state index in [9.17, 15) is 0 Å². The van der Waals surface area contributed by atoms with Crippen LogP contribution in [0.2, 0.25) is 0 Å². The van der Waals surface area contributed by atoms with Crippen LogP contribution < -0.4 is 11.1 Å². The topological polar surface area (TPSA) is 63.3 Å². The third-order valence-electron chi connectivity index (χ3n) is 2.51. The van der Waals surface area contributed by atoms with E-state index in [1.165, 1.54) is 4.88 Å². The van der Waals surface area contributed by atoms with Gasteiger partial charge >= 0.3 is 0 Å². The van der Waals surface area contributed by atoms with E-state index in [1.54, 1.807) is 11.3 Å². The van der Waals surface area contributed by atoms with Crippen LogP contribution in [0.1, 0.15) is 35.3 Å². The molecular weight excluding hydrogens is 232 g/mol. The molecule has 0 amide bonds. The van der Waals surface area contributed by atoms with E-state index >= 15 is 0 Å². The molecule has 0 bridgehead atoms. The van der Waals surface area contributed by atoms with Gasteiger partial charge in [0.25, 0.3) is 0 Å². The first kappa shape index (κ1) is 14.0. The van der Waals surface area contributed by atoms with Gasteiger partial charge in [-0.1, -0.05) is 13.3 Å². The van der Waals surface area contributed by atoms with Gasteiger partial charge in [-0.05, 0) is 20.3 Å². The summed E-state index contributed by atoms with van der Waals surface area (Å²) in [6.07, 6.45) is 3.14. The van der Waals surface area contributed by atoms with E-state index in [2.05, 4.69) is 29.1 Å². The van der Waals surface area contributed by atoms with Gasteiger partial charge in [0.2, 0.25) is 0 Å². The van der Waals surface area contributed by atoms with Crippen molar-refractivity contribution in [3.05, 3.63) is 15.6 Å². The molecule has 0 atom stereocenters. The Hall–Kier alpha value is -1.10. The summed E-state index contributed by atoms with van der Waals surface area (Å²) in [5.74, 6) is 0.545. The van der Waals surface area contributed by atoms with Crippen molar-refractivity contribution in [2.24, 2.45) is 10.7 Å². The highest BCUT2D eigenvalue weighted by molar-refractivity contribution is 7.11. The zero-order valence-corrected chi connectivity index (χ0v) is 11.7. The number of hydrogen-bond donors (Lipinski definition) is 2. The molecule has 0 fully saturated rings. The Labute approximate surface area is 107 Å². The number of nitrogens with one attached hydrogen (secondary N) is 1. The van der Waals surface area contributed by atoms with Gasteiger partial charge < -0.3 is 11.1 Å². The van der Waals surface area contributed by atoms with Gasteiger partial charge in [-0.2, -0.15) is 0 Å². The Bertz CT molecular complexity index is 351. The largest absolute Gasteiger partial charge is 0.370 e. The molecular formula is C12H22N4S. The van der Waals surface area contributed by atoms with Gasteiger partial charge in [-0.3, -0.25) is 4.99 Å². The normalized spacial score (nSPS) is 11.8. The highest BCUT2D eigenvalue weighted by Crippen LogP contribution is 2.16. The van der Waals surface area contributed by atoms with Crippen molar-refractivity contribution in [3.63, 3.8) is 0 Å². The highest BCUT2D eigenvalue weighted by atomic mass is 32.1. The fourth-order valence-corrected chi connectivity index (χ4v) is 2.29. The number of hydrogen-bond acceptors (Lipinski definition) is 3. The lowest BCUT2D eigenvalue weighted by molar-refractivity contribution is 0.789. The van der Waals surface area contributed by atoms with Crippen LogP contribution in [0.3, 0.4) is 0 Å². The van der Waals surface area contributed by atoms with Crippen molar-refractivity contribution in [1.82, 2.24) is 10.3 Å². The minimum Gasteiger partial charge on any atom is -0.370 e. The van der Waals surface area contributed by atoms with Crippen molar-refractivity contribution in [2.45, 2.75) is 40.0 Å². The Morgan fingerprint density at radius 1 is 1.47 bits per heavy atom. The molecule has 3 N–H and O–H groups in total. The third-order valence-corrected chi connectivity index (χ3v) is 3.64. The molecule has 0 unspecified atom stereocenters. The number of nitrogens with zero attached hydrogens (tertiary/aromatic N) is 2. The van der Waals surface area contributed by atoms with Crippen molar-refractivity contribution in [1.29, 1.82) is 0 Å². The minimum atomic E-state index is 0.545. The second-order valence-corrected chi connectivity index (χ2v) is 5.33. The predicted octanol–water partition coefficient (Wildman–Crippen LogP) is 2.01. The fraction of sp³-hybridized carbons (Fsp3) is 0.667. The summed E-state index contributed by atoms with van der Waals surface area (Å²) in [7, 11) is 0. The SMILES string of the molecule is CCCCN=C(N)NCCc1nc(C)c(C)s1. The van der Waals surface area contributed by atoms with Gasteiger partial charge in [-0.15, -0.1) is 11.3 Å². The van der Waals surface area contributed by atoms with Crippen LogP contribution in [0.4, 0.5) is 0 Å². The van der Waals surface area contributed by atoms with Crippen LogP contribution >= 0.6 is 11.3 Å². The quantitative estimate of drug-likeness (QED) is 0.464. The number of unbranched alkanes of at least 4 members (excludes halogenated alkanes) is 1. The molecule has 1 heterocycles. The van der Waals surface area contributed by atoms with Crippen LogP contribution in [-0.4, -0.2) is 24.0 Å². The van der Waals surface area contributed by atoms with E-state index in [-0.39, 0.29) is 0 Å². The molecule has 0 aliphatic heterocycles. The number of nitrogens with two attached hydrogens (primary N) is 1. The number of thiazole rings is 1. The first-order valence-electron chi connectivity index (χ1n) is 6.10. The molecule has 0 saturated heterocycles. The zero-order valence-electron chi connectivity index (χ0n) is 10.9. The van der Waals surface area contributed by atoms with E-state index in [1.807, 2.05) is 6.92 Å². The van der Waals surface area contributed by atoms with E-state index in [0.717, 1.165) is 43.1 Å². The minimum absolute atomic E-state index is 0.545. The number of rotatable bonds is 6. The molecule has 1 rings (SSSR count). The smallest absolute Gasteiger partial charge is 0.188 e. The van der Waals surface area contributed by atoms with E-state index < -0.39 is 0 Å². The van der Waals surface area contributed by atoms with Crippen molar-refractivity contribution in [2.75, 3.05) is 13.1 Å². The van der Waals surface area contributed by atoms with Crippen molar-refractivity contribution < 1.29 is 0 Å². The van der Waals surface area contributed by atoms with Gasteiger partial charge in [-0.25, -0.2) is 4.98 Å². The Morgan fingerprint density at radius 2 is 2.24 bits per heavy atom. The first-order chi connectivity index (χ1) is 8.13. The molecule has 0 aromatic carbocycles. The molecule has 1 aromatic heterocycles. The van der Waals surface area contributed by atoms with Gasteiger partial charge in [0, 0.05) is 24.4 Å². The molecule has 0 spiro atoms. The first-order valence-corrected chi connectivity index (χ1v) is 6.91. The summed E-state index contributed by atoms with van der Waals surface area (Å²) in [5, 5.41) is 4.27. The second kappa shape index (κ2) is 7.27. The zero-order chi connectivity index (χ0) is 12.7. The number of aliphatic imine (C=N–C) groups is 1. The molecule has 96 valence electrons. The molecule has 0 radical (unpaired) electrons. The van der Waals surface area contributed by atoms with Crippen LogP contribution in [-0.2, 0) is 6.42 Å². The lowest BCUT2D eigenvalue weighted by atomic mass is 10.3. The molecule has 0 aliphatic rings. The van der Waals surface area contributed by atoms with Gasteiger partial charge in [0.1, 0.15) is 0 Å². The maximum atomic E-state index is 5.74. The van der Waals surface area contributed by atoms with E-state index in [4.69, 9.17) is 5.73 Å². The molecule has 0 aliphatic carbocycles. The predicted molar refractivity (Wildman–Crippen MR) is 74.7 cm³/mol. The van der Waals surface area contributed by atoms with Gasteiger partial charge in [0.15, 0.2) is 5.96 Å². The number of guanidine groups is 1. The monoisotopic (exact) mass is 254 g/mol. The molecule has 4 nitrogen and oxygen atoms in total. The summed E-state index contributed by atoms with van der Waals surface area (Å²) in [6, 6.07) is 0. The van der Waals surface area contributed by atoms with Crippen LogP contribution in [0.5, 0.6) is 0 Å². The standard InChI is InChI=1S/C12H22N4S/c1-4-5-7-14-12(13)15-8-6-11-16-9(2)10(3)17-11/h4-8H2,1-3H3,(H3,13,14,15). The molecule has 1 aromatic rings. The van der Waals surface area contributed by atoms with Crippen LogP contribution in [0, 0.1) is 13.8 Å². The van der Waals surface area contributed by atoms with Crippen molar-refractivity contribution in [3.8, 4) is 0 Å². The lowest BCUT2D eigenvalue weighted by Crippen LogP contribution is -2.33. The Morgan fingerprint density at radius 3 is 2.82 bits per heavy atom. The molecule has 5 heteroatoms. The van der Waals surface area contributed by atoms with E-state index in [0.29, 0.717) is 5.96 Å². The van der Waals surface area contributed by atoms with Gasteiger partial charge in [0.05, 0.1) is 10.7 Å². The Kier molecular flexibility index (Phi) is 5.97. The number of aromatic nitrogens is 1. The fourth-order valence-electron chi connectivity index (χ4n) is 1.36. The Balaban J connectivity index is 2.25. The lowest BCUT2D eigenvalue weighted by Gasteiger charge is -2.03. The summed E-state index contributed by atoms with van der Waals surface area (Å²) in [5.41, 5.74) is 6.87. The second-order valence-electron chi connectivity index (χ2n) is 4.05. The van der Waals surface area contributed by atoms with Crippen LogP contribution in [0.15, 0.2) is 4.99 Å². The summed E-state index contributed by atoms with van der Waals surface area (Å²) < 4.78 is 0. The maximum absolute atomic E-state index is 5.74. The number of aryl methyl sites for hydroxylation is 2. The average Bonchev–Trinajstić information content (AvgIpc) is 2.59. The highest BCUT2D eigenvalue weighted by Gasteiger charge is 2.02. The summed E-state index contributed by atoms with van der Waals surface area (Å²) in [4.78, 5) is 10.0. The molecule has 17 heavy (non-hydrogen) atoms. The average molecular weight is 254 g/mol. The van der Waals surface area contributed by atoms with Crippen LogP contribution in [0.25, 0.3) is 0 Å². The maximum Gasteiger partial charge on any atom is 0.188 e. The third kappa shape index (κ3) is 5.17.